The Morgan fingerprint density at radius 3 is 2.89 bits per heavy atom. The van der Waals surface area contributed by atoms with E-state index >= 15 is 0 Å². The first-order valence-electron chi connectivity index (χ1n) is 8.87. The maximum absolute atomic E-state index is 12.4. The first-order chi connectivity index (χ1) is 13.2. The molecule has 1 atom stereocenters. The number of rotatable bonds is 6. The van der Waals surface area contributed by atoms with E-state index in [1.807, 2.05) is 37.3 Å². The summed E-state index contributed by atoms with van der Waals surface area (Å²) < 4.78 is 14.1. The van der Waals surface area contributed by atoms with E-state index in [1.54, 1.807) is 17.1 Å². The maximum Gasteiger partial charge on any atom is 0.181 e. The molecule has 3 aromatic heterocycles. The number of H-pyrrole nitrogens is 1. The summed E-state index contributed by atoms with van der Waals surface area (Å²) in [6.45, 7) is 3.96. The van der Waals surface area contributed by atoms with E-state index in [1.165, 1.54) is 0 Å². The molecule has 4 rings (SSSR count). The molecule has 7 nitrogen and oxygen atoms in total. The lowest BCUT2D eigenvalue weighted by Crippen LogP contribution is -2.00. The Balaban J connectivity index is 1.69. The fourth-order valence-electron chi connectivity index (χ4n) is 2.86. The number of unbranched alkanes of at least 4 members (excludes halogenated alkanes) is 1. The normalized spacial score (nSPS) is 12.5. The topological polar surface area (TPSA) is 89.4 Å². The third-order valence-electron chi connectivity index (χ3n) is 4.28. The van der Waals surface area contributed by atoms with Gasteiger partial charge < -0.3 is 0 Å². The van der Waals surface area contributed by atoms with Crippen molar-refractivity contribution in [2.75, 3.05) is 5.75 Å². The minimum absolute atomic E-state index is 0.646. The summed E-state index contributed by atoms with van der Waals surface area (Å²) in [5.74, 6) is 2.08. The van der Waals surface area contributed by atoms with Crippen LogP contribution < -0.4 is 0 Å². The van der Waals surface area contributed by atoms with E-state index in [2.05, 4.69) is 32.2 Å². The Kier molecular flexibility index (Phi) is 4.81. The molecule has 0 aliphatic rings. The third kappa shape index (κ3) is 3.52. The van der Waals surface area contributed by atoms with Crippen LogP contribution in [-0.2, 0) is 10.8 Å². The van der Waals surface area contributed by atoms with Crippen molar-refractivity contribution in [1.29, 1.82) is 0 Å². The zero-order valence-corrected chi connectivity index (χ0v) is 16.0. The highest BCUT2D eigenvalue weighted by Gasteiger charge is 2.12. The van der Waals surface area contributed by atoms with Crippen LogP contribution in [0.3, 0.4) is 0 Å². The van der Waals surface area contributed by atoms with Crippen molar-refractivity contribution in [2.24, 2.45) is 0 Å². The van der Waals surface area contributed by atoms with Gasteiger partial charge in [-0.05, 0) is 31.5 Å². The van der Waals surface area contributed by atoms with Crippen molar-refractivity contribution in [3.05, 3.63) is 48.5 Å². The monoisotopic (exact) mass is 380 g/mol. The first kappa shape index (κ1) is 17.5. The zero-order chi connectivity index (χ0) is 18.8. The number of aryl methyl sites for hydroxylation is 1. The molecule has 0 radical (unpaired) electrons. The number of aromatic amines is 1. The van der Waals surface area contributed by atoms with Crippen LogP contribution in [0.15, 0.2) is 47.6 Å². The fourth-order valence-corrected chi connectivity index (χ4v) is 4.07. The van der Waals surface area contributed by atoms with E-state index in [9.17, 15) is 4.21 Å². The number of hydrogen-bond donors (Lipinski definition) is 1. The summed E-state index contributed by atoms with van der Waals surface area (Å²) in [6, 6.07) is 9.76. The average molecular weight is 380 g/mol. The zero-order valence-electron chi connectivity index (χ0n) is 15.2. The molecule has 0 bridgehead atoms. The number of nitrogens with zero attached hydrogens (tertiary/aromatic N) is 5. The second kappa shape index (κ2) is 7.40. The van der Waals surface area contributed by atoms with Crippen molar-refractivity contribution in [3.8, 4) is 17.1 Å². The van der Waals surface area contributed by atoms with Crippen LogP contribution in [0.2, 0.25) is 0 Å². The molecule has 0 aliphatic heterocycles. The van der Waals surface area contributed by atoms with E-state index in [4.69, 9.17) is 0 Å². The van der Waals surface area contributed by atoms with Gasteiger partial charge in [-0.25, -0.2) is 14.6 Å². The Bertz CT molecular complexity index is 1120. The summed E-state index contributed by atoms with van der Waals surface area (Å²) in [7, 11) is -1.02. The molecule has 0 saturated carbocycles. The molecule has 0 spiro atoms. The first-order valence-corrected chi connectivity index (χ1v) is 10.2. The lowest BCUT2D eigenvalue weighted by molar-refractivity contribution is 0.679. The van der Waals surface area contributed by atoms with Gasteiger partial charge in [0, 0.05) is 22.9 Å². The number of nitrogens with one attached hydrogen (secondary N) is 1. The largest absolute Gasteiger partial charge is 0.263 e. The minimum atomic E-state index is -1.02. The lowest BCUT2D eigenvalue weighted by atomic mass is 10.2. The number of pyridine rings is 1. The van der Waals surface area contributed by atoms with Crippen molar-refractivity contribution in [2.45, 2.75) is 31.6 Å². The van der Waals surface area contributed by atoms with Crippen LogP contribution in [-0.4, -0.2) is 39.9 Å². The lowest BCUT2D eigenvalue weighted by Gasteiger charge is -2.05. The van der Waals surface area contributed by atoms with Crippen molar-refractivity contribution in [1.82, 2.24) is 29.9 Å². The second-order valence-corrected chi connectivity index (χ2v) is 7.91. The molecule has 0 amide bonds. The van der Waals surface area contributed by atoms with Crippen LogP contribution in [0.1, 0.15) is 25.6 Å². The Hall–Kier alpha value is -2.87. The highest BCUT2D eigenvalue weighted by Crippen LogP contribution is 2.22. The molecule has 138 valence electrons. The van der Waals surface area contributed by atoms with Crippen LogP contribution >= 0.6 is 0 Å². The summed E-state index contributed by atoms with van der Waals surface area (Å²) in [4.78, 5) is 9.65. The van der Waals surface area contributed by atoms with E-state index in [0.29, 0.717) is 11.6 Å². The fraction of sp³-hybridized carbons (Fsp3) is 0.263. The molecule has 8 heteroatoms. The Morgan fingerprint density at radius 2 is 2.11 bits per heavy atom. The number of benzene rings is 1. The van der Waals surface area contributed by atoms with Crippen LogP contribution in [0.5, 0.6) is 0 Å². The Morgan fingerprint density at radius 1 is 1.22 bits per heavy atom. The van der Waals surface area contributed by atoms with Crippen molar-refractivity contribution < 1.29 is 4.21 Å². The minimum Gasteiger partial charge on any atom is -0.263 e. The van der Waals surface area contributed by atoms with E-state index in [0.717, 1.165) is 45.8 Å². The standard InChI is InChI=1S/C19H20N6OS/c1-3-4-8-27(26)17-10-15-11-21-25(19(15)20-12-17)16-7-5-6-14(9-16)18-22-13(2)23-24-18/h5-7,9-12H,3-4,8H2,1-2H3,(H,22,23,24)/t27-/m1/s1. The molecule has 1 N–H and O–H groups in total. The Labute approximate surface area is 159 Å². The molecular formula is C19H20N6OS. The quantitative estimate of drug-likeness (QED) is 0.553. The molecule has 0 saturated heterocycles. The van der Waals surface area contributed by atoms with Gasteiger partial charge in [-0.2, -0.15) is 10.2 Å². The van der Waals surface area contributed by atoms with Gasteiger partial charge in [-0.1, -0.05) is 25.5 Å². The smallest absolute Gasteiger partial charge is 0.181 e. The maximum atomic E-state index is 12.4. The van der Waals surface area contributed by atoms with Gasteiger partial charge in [0.2, 0.25) is 0 Å². The number of hydrogen-bond acceptors (Lipinski definition) is 5. The molecule has 3 heterocycles. The predicted molar refractivity (Wildman–Crippen MR) is 105 cm³/mol. The van der Waals surface area contributed by atoms with Gasteiger partial charge in [-0.3, -0.25) is 9.31 Å². The molecule has 0 aliphatic carbocycles. The van der Waals surface area contributed by atoms with E-state index < -0.39 is 10.8 Å². The number of aromatic nitrogens is 6. The molecule has 4 aromatic rings. The van der Waals surface area contributed by atoms with Crippen LogP contribution in [0.25, 0.3) is 28.1 Å². The average Bonchev–Trinajstić information content (AvgIpc) is 3.32. The van der Waals surface area contributed by atoms with Crippen molar-refractivity contribution in [3.63, 3.8) is 0 Å². The highest BCUT2D eigenvalue weighted by molar-refractivity contribution is 7.85. The summed E-state index contributed by atoms with van der Waals surface area (Å²) in [5, 5.41) is 12.4. The molecule has 0 fully saturated rings. The van der Waals surface area contributed by atoms with Crippen LogP contribution in [0.4, 0.5) is 0 Å². The van der Waals surface area contributed by atoms with E-state index in [-0.39, 0.29) is 0 Å². The van der Waals surface area contributed by atoms with Crippen molar-refractivity contribution >= 4 is 21.8 Å². The van der Waals surface area contributed by atoms with Gasteiger partial charge in [0.05, 0.1) is 27.6 Å². The summed E-state index contributed by atoms with van der Waals surface area (Å²) in [6.07, 6.45) is 5.42. The molecule has 1 aromatic carbocycles. The van der Waals surface area contributed by atoms with Gasteiger partial charge in [0.1, 0.15) is 5.82 Å². The molecular weight excluding hydrogens is 360 g/mol. The molecule has 27 heavy (non-hydrogen) atoms. The summed E-state index contributed by atoms with van der Waals surface area (Å²) in [5.41, 5.74) is 2.50. The van der Waals surface area contributed by atoms with Crippen LogP contribution in [0, 0.1) is 6.92 Å². The molecule has 0 unspecified atom stereocenters. The van der Waals surface area contributed by atoms with Gasteiger partial charge >= 0.3 is 0 Å². The van der Waals surface area contributed by atoms with Gasteiger partial charge in [0.15, 0.2) is 11.5 Å². The highest BCUT2D eigenvalue weighted by atomic mass is 32.2. The summed E-state index contributed by atoms with van der Waals surface area (Å²) >= 11 is 0. The van der Waals surface area contributed by atoms with Gasteiger partial charge in [0.25, 0.3) is 0 Å². The second-order valence-electron chi connectivity index (χ2n) is 6.34. The number of fused-ring (bicyclic) bond motifs is 1. The van der Waals surface area contributed by atoms with Gasteiger partial charge in [-0.15, -0.1) is 0 Å². The SMILES string of the molecule is CCCC[S@@](=O)c1cnc2c(cnn2-c2cccc(-c3n[nH]c(C)n3)c2)c1. The third-order valence-corrected chi connectivity index (χ3v) is 5.68. The predicted octanol–water partition coefficient (Wildman–Crippen LogP) is 3.42.